The molecule has 0 bridgehead atoms. The second-order valence-electron chi connectivity index (χ2n) is 2.53. The van der Waals surface area contributed by atoms with Crippen LogP contribution in [-0.4, -0.2) is 12.9 Å². The van der Waals surface area contributed by atoms with Crippen molar-refractivity contribution < 1.29 is 13.9 Å². The van der Waals surface area contributed by atoms with Crippen molar-refractivity contribution >= 4 is 6.29 Å². The molecule has 0 aliphatic carbocycles. The second-order valence-corrected chi connectivity index (χ2v) is 2.53. The quantitative estimate of drug-likeness (QED) is 0.650. The zero-order valence-electron chi connectivity index (χ0n) is 7.13. The number of hydrogen-bond donors (Lipinski definition) is 0. The van der Waals surface area contributed by atoms with E-state index in [0.717, 1.165) is 0 Å². The summed E-state index contributed by atoms with van der Waals surface area (Å²) in [6.45, 7) is 0.343. The minimum Gasteiger partial charge on any atom is -0.491 e. The Kier molecular flexibility index (Phi) is 3.96. The van der Waals surface area contributed by atoms with Gasteiger partial charge < -0.3 is 4.74 Å². The fraction of sp³-hybridized carbons (Fsp3) is 0.300. The minimum atomic E-state index is -0.377. The maximum absolute atomic E-state index is 12.9. The Morgan fingerprint density at radius 3 is 2.85 bits per heavy atom. The molecular formula is C10H10FO2. The Labute approximate surface area is 76.3 Å². The molecule has 0 saturated heterocycles. The average molecular weight is 181 g/mol. The molecular weight excluding hydrogens is 171 g/mol. The highest BCUT2D eigenvalue weighted by Crippen LogP contribution is 2.15. The van der Waals surface area contributed by atoms with E-state index in [2.05, 4.69) is 0 Å². The first-order chi connectivity index (χ1) is 6.34. The number of para-hydroxylation sites is 1. The van der Waals surface area contributed by atoms with Gasteiger partial charge in [-0.15, -0.1) is 0 Å². The van der Waals surface area contributed by atoms with Crippen molar-refractivity contribution in [2.45, 2.75) is 12.8 Å². The highest BCUT2D eigenvalue weighted by Gasteiger charge is 1.99. The maximum atomic E-state index is 12.9. The van der Waals surface area contributed by atoms with Gasteiger partial charge in [0.25, 0.3) is 0 Å². The summed E-state index contributed by atoms with van der Waals surface area (Å²) in [6.07, 6.45) is 2.64. The number of halogens is 1. The van der Waals surface area contributed by atoms with Crippen molar-refractivity contribution in [3.8, 4) is 5.75 Å². The number of ether oxygens (including phenoxy) is 1. The second kappa shape index (κ2) is 5.30. The van der Waals surface area contributed by atoms with E-state index in [0.29, 0.717) is 19.4 Å². The largest absolute Gasteiger partial charge is 0.491 e. The van der Waals surface area contributed by atoms with Crippen LogP contribution >= 0.6 is 0 Å². The monoisotopic (exact) mass is 181 g/mol. The van der Waals surface area contributed by atoms with Crippen molar-refractivity contribution in [2.75, 3.05) is 6.61 Å². The Hall–Kier alpha value is -1.38. The maximum Gasteiger partial charge on any atom is 0.198 e. The Morgan fingerprint density at radius 2 is 2.15 bits per heavy atom. The van der Waals surface area contributed by atoms with Gasteiger partial charge in [-0.3, -0.25) is 4.79 Å². The normalized spacial score (nSPS) is 9.62. The van der Waals surface area contributed by atoms with Gasteiger partial charge in [-0.1, -0.05) is 12.1 Å². The summed E-state index contributed by atoms with van der Waals surface area (Å²) in [6, 6.07) is 6.19. The van der Waals surface area contributed by atoms with E-state index in [1.807, 2.05) is 0 Å². The first kappa shape index (κ1) is 9.71. The number of unbranched alkanes of at least 4 members (excludes halogenated alkanes) is 1. The first-order valence-corrected chi connectivity index (χ1v) is 4.07. The third-order valence-electron chi connectivity index (χ3n) is 1.52. The molecule has 0 fully saturated rings. The van der Waals surface area contributed by atoms with Crippen LogP contribution < -0.4 is 4.74 Å². The molecule has 0 aromatic heterocycles. The molecule has 13 heavy (non-hydrogen) atoms. The van der Waals surface area contributed by atoms with Gasteiger partial charge in [0.05, 0.1) is 6.61 Å². The smallest absolute Gasteiger partial charge is 0.198 e. The van der Waals surface area contributed by atoms with Crippen LogP contribution in [0.15, 0.2) is 24.3 Å². The molecule has 0 atom stereocenters. The van der Waals surface area contributed by atoms with Gasteiger partial charge in [0.2, 0.25) is 0 Å². The van der Waals surface area contributed by atoms with E-state index >= 15 is 0 Å². The van der Waals surface area contributed by atoms with E-state index in [9.17, 15) is 9.18 Å². The third-order valence-corrected chi connectivity index (χ3v) is 1.52. The van der Waals surface area contributed by atoms with Gasteiger partial charge in [-0.05, 0) is 18.6 Å². The zero-order chi connectivity index (χ0) is 9.52. The molecule has 2 nitrogen and oxygen atoms in total. The van der Waals surface area contributed by atoms with Crippen LogP contribution in [0.3, 0.4) is 0 Å². The van der Waals surface area contributed by atoms with Gasteiger partial charge in [0, 0.05) is 6.42 Å². The van der Waals surface area contributed by atoms with E-state index in [1.165, 1.54) is 6.07 Å². The van der Waals surface area contributed by atoms with Crippen molar-refractivity contribution in [1.82, 2.24) is 0 Å². The molecule has 0 aliphatic heterocycles. The summed E-state index contributed by atoms with van der Waals surface area (Å²) in [5, 5.41) is 0. The summed E-state index contributed by atoms with van der Waals surface area (Å²) >= 11 is 0. The predicted octanol–water partition coefficient (Wildman–Crippen LogP) is 2.09. The SMILES string of the molecule is O=[C]CCCOc1ccccc1F. The van der Waals surface area contributed by atoms with Crippen LogP contribution in [0.5, 0.6) is 5.75 Å². The summed E-state index contributed by atoms with van der Waals surface area (Å²) in [5.74, 6) is -0.147. The highest BCUT2D eigenvalue weighted by molar-refractivity contribution is 5.50. The molecule has 0 aliphatic rings. The number of rotatable bonds is 5. The van der Waals surface area contributed by atoms with Crippen LogP contribution in [-0.2, 0) is 4.79 Å². The topological polar surface area (TPSA) is 26.3 Å². The van der Waals surface area contributed by atoms with Gasteiger partial charge in [0.1, 0.15) is 0 Å². The molecule has 1 rings (SSSR count). The standard InChI is InChI=1S/C10H10FO2/c11-9-5-1-2-6-10(9)13-8-4-3-7-12/h1-2,5-6H,3-4,8H2. The molecule has 0 unspecified atom stereocenters. The van der Waals surface area contributed by atoms with Crippen LogP contribution in [0.1, 0.15) is 12.8 Å². The molecule has 3 heteroatoms. The highest BCUT2D eigenvalue weighted by atomic mass is 19.1. The Bertz CT molecular complexity index is 273. The number of hydrogen-bond acceptors (Lipinski definition) is 2. The summed E-state index contributed by atoms with van der Waals surface area (Å²) in [7, 11) is 0. The Morgan fingerprint density at radius 1 is 1.38 bits per heavy atom. The van der Waals surface area contributed by atoms with Crippen molar-refractivity contribution in [3.05, 3.63) is 30.1 Å². The van der Waals surface area contributed by atoms with Crippen LogP contribution in [0.2, 0.25) is 0 Å². The zero-order valence-corrected chi connectivity index (χ0v) is 7.13. The van der Waals surface area contributed by atoms with Gasteiger partial charge in [0.15, 0.2) is 17.9 Å². The van der Waals surface area contributed by atoms with Gasteiger partial charge >= 0.3 is 0 Å². The summed E-state index contributed by atoms with van der Waals surface area (Å²) in [5.41, 5.74) is 0. The molecule has 1 aromatic carbocycles. The molecule has 0 amide bonds. The molecule has 69 valence electrons. The summed E-state index contributed by atoms with van der Waals surface area (Å²) < 4.78 is 18.0. The number of benzene rings is 1. The van der Waals surface area contributed by atoms with E-state index in [1.54, 1.807) is 24.5 Å². The average Bonchev–Trinajstić information content (AvgIpc) is 2.15. The van der Waals surface area contributed by atoms with Crippen LogP contribution in [0.4, 0.5) is 4.39 Å². The lowest BCUT2D eigenvalue weighted by molar-refractivity contribution is 0.297. The molecule has 1 aromatic rings. The van der Waals surface area contributed by atoms with E-state index in [-0.39, 0.29) is 11.6 Å². The van der Waals surface area contributed by atoms with Crippen LogP contribution in [0.25, 0.3) is 0 Å². The number of carbonyl (C=O) groups excluding carboxylic acids is 1. The Balaban J connectivity index is 2.36. The van der Waals surface area contributed by atoms with Crippen molar-refractivity contribution in [2.24, 2.45) is 0 Å². The fourth-order valence-corrected chi connectivity index (χ4v) is 0.888. The predicted molar refractivity (Wildman–Crippen MR) is 46.8 cm³/mol. The molecule has 0 heterocycles. The van der Waals surface area contributed by atoms with Crippen LogP contribution in [0, 0.1) is 5.82 Å². The van der Waals surface area contributed by atoms with Crippen molar-refractivity contribution in [1.29, 1.82) is 0 Å². The van der Waals surface area contributed by atoms with Gasteiger partial charge in [-0.2, -0.15) is 0 Å². The molecule has 0 N–H and O–H groups in total. The lowest BCUT2D eigenvalue weighted by Crippen LogP contribution is -1.98. The van der Waals surface area contributed by atoms with Crippen molar-refractivity contribution in [3.63, 3.8) is 0 Å². The third kappa shape index (κ3) is 3.23. The lowest BCUT2D eigenvalue weighted by atomic mass is 10.3. The molecule has 1 radical (unpaired) electrons. The molecule has 0 saturated carbocycles. The molecule has 0 spiro atoms. The van der Waals surface area contributed by atoms with E-state index < -0.39 is 0 Å². The summed E-state index contributed by atoms with van der Waals surface area (Å²) in [4.78, 5) is 9.83. The fourth-order valence-electron chi connectivity index (χ4n) is 0.888. The first-order valence-electron chi connectivity index (χ1n) is 4.07. The minimum absolute atomic E-state index is 0.230. The van der Waals surface area contributed by atoms with Gasteiger partial charge in [-0.25, -0.2) is 4.39 Å². The van der Waals surface area contributed by atoms with E-state index in [4.69, 9.17) is 4.74 Å². The lowest BCUT2D eigenvalue weighted by Gasteiger charge is -2.04.